The van der Waals surface area contributed by atoms with Crippen LogP contribution >= 0.6 is 0 Å². The van der Waals surface area contributed by atoms with Crippen LogP contribution in [-0.4, -0.2) is 33.8 Å². The van der Waals surface area contributed by atoms with Crippen LogP contribution in [0.1, 0.15) is 12.0 Å². The summed E-state index contributed by atoms with van der Waals surface area (Å²) in [6, 6.07) is 9.26. The van der Waals surface area contributed by atoms with Crippen LogP contribution in [0.3, 0.4) is 0 Å². The third-order valence-electron chi connectivity index (χ3n) is 3.92. The van der Waals surface area contributed by atoms with E-state index in [0.717, 1.165) is 6.42 Å². The molecule has 0 radical (unpaired) electrons. The topological polar surface area (TPSA) is 76.1 Å². The van der Waals surface area contributed by atoms with Crippen molar-refractivity contribution in [2.24, 2.45) is 0 Å². The number of aryl methyl sites for hydroxylation is 1. The maximum absolute atomic E-state index is 12.9. The highest BCUT2D eigenvalue weighted by Crippen LogP contribution is 2.34. The standard InChI is InChI=1S/C17H19NO5S/c1-12-10-13(4-6-15(12)19)18(2)24(20,21)14-5-7-16-17(11-14)23-9-3-8-22-16/h4-7,10-11,19H,3,8-9H2,1-2H3. The highest BCUT2D eigenvalue weighted by Gasteiger charge is 2.24. The van der Waals surface area contributed by atoms with E-state index in [4.69, 9.17) is 9.47 Å². The smallest absolute Gasteiger partial charge is 0.264 e. The SMILES string of the molecule is Cc1cc(N(C)S(=O)(=O)c2ccc3c(c2)OCCCO3)ccc1O. The van der Waals surface area contributed by atoms with Crippen molar-refractivity contribution in [3.05, 3.63) is 42.0 Å². The van der Waals surface area contributed by atoms with Gasteiger partial charge in [-0.05, 0) is 42.8 Å². The average molecular weight is 349 g/mol. The summed E-state index contributed by atoms with van der Waals surface area (Å²) < 4.78 is 38.0. The molecule has 3 rings (SSSR count). The summed E-state index contributed by atoms with van der Waals surface area (Å²) in [5.74, 6) is 1.11. The van der Waals surface area contributed by atoms with Crippen LogP contribution in [0.15, 0.2) is 41.3 Å². The first kappa shape index (κ1) is 16.4. The number of anilines is 1. The zero-order valence-corrected chi connectivity index (χ0v) is 14.3. The molecule has 0 unspecified atom stereocenters. The minimum Gasteiger partial charge on any atom is -0.508 e. The van der Waals surface area contributed by atoms with Crippen molar-refractivity contribution < 1.29 is 23.0 Å². The number of rotatable bonds is 3. The fourth-order valence-electron chi connectivity index (χ4n) is 2.44. The molecule has 0 saturated carbocycles. The lowest BCUT2D eigenvalue weighted by Crippen LogP contribution is -2.26. The molecule has 24 heavy (non-hydrogen) atoms. The lowest BCUT2D eigenvalue weighted by molar-refractivity contribution is 0.297. The maximum Gasteiger partial charge on any atom is 0.264 e. The van der Waals surface area contributed by atoms with E-state index in [1.54, 1.807) is 25.1 Å². The number of hydrogen-bond donors (Lipinski definition) is 1. The number of benzene rings is 2. The van der Waals surface area contributed by atoms with Gasteiger partial charge in [0.2, 0.25) is 0 Å². The molecule has 0 atom stereocenters. The van der Waals surface area contributed by atoms with Gasteiger partial charge in [-0.3, -0.25) is 4.31 Å². The van der Waals surface area contributed by atoms with Gasteiger partial charge in [-0.15, -0.1) is 0 Å². The number of phenols is 1. The summed E-state index contributed by atoms with van der Waals surface area (Å²) in [4.78, 5) is 0.125. The maximum atomic E-state index is 12.9. The number of nitrogens with zero attached hydrogens (tertiary/aromatic N) is 1. The molecule has 0 aromatic heterocycles. The second-order valence-corrected chi connectivity index (χ2v) is 7.57. The molecule has 0 fully saturated rings. The van der Waals surface area contributed by atoms with E-state index in [0.29, 0.717) is 36.0 Å². The lowest BCUT2D eigenvalue weighted by atomic mass is 10.2. The Kier molecular flexibility index (Phi) is 4.28. The molecular weight excluding hydrogens is 330 g/mol. The van der Waals surface area contributed by atoms with Crippen LogP contribution in [0.2, 0.25) is 0 Å². The fourth-order valence-corrected chi connectivity index (χ4v) is 3.64. The summed E-state index contributed by atoms with van der Waals surface area (Å²) in [7, 11) is -2.27. The number of fused-ring (bicyclic) bond motifs is 1. The van der Waals surface area contributed by atoms with Gasteiger partial charge in [-0.1, -0.05) is 0 Å². The Morgan fingerprint density at radius 2 is 1.75 bits per heavy atom. The molecule has 0 aliphatic carbocycles. The highest BCUT2D eigenvalue weighted by atomic mass is 32.2. The molecule has 0 bridgehead atoms. The fraction of sp³-hybridized carbons (Fsp3) is 0.294. The Balaban J connectivity index is 1.97. The van der Waals surface area contributed by atoms with Gasteiger partial charge >= 0.3 is 0 Å². The quantitative estimate of drug-likeness (QED) is 0.922. The normalized spacial score (nSPS) is 14.1. The summed E-state index contributed by atoms with van der Waals surface area (Å²) >= 11 is 0. The van der Waals surface area contributed by atoms with Crippen LogP contribution in [0.25, 0.3) is 0 Å². The third-order valence-corrected chi connectivity index (χ3v) is 5.70. The van der Waals surface area contributed by atoms with Crippen molar-refractivity contribution in [3.63, 3.8) is 0 Å². The largest absolute Gasteiger partial charge is 0.508 e. The molecule has 1 heterocycles. The van der Waals surface area contributed by atoms with Crippen molar-refractivity contribution in [3.8, 4) is 17.2 Å². The molecule has 1 aliphatic rings. The van der Waals surface area contributed by atoms with Gasteiger partial charge in [-0.2, -0.15) is 0 Å². The van der Waals surface area contributed by atoms with Crippen molar-refractivity contribution in [1.82, 2.24) is 0 Å². The third kappa shape index (κ3) is 2.99. The summed E-state index contributed by atoms with van der Waals surface area (Å²) in [6.45, 7) is 2.75. The van der Waals surface area contributed by atoms with Crippen LogP contribution < -0.4 is 13.8 Å². The molecule has 0 amide bonds. The van der Waals surface area contributed by atoms with E-state index in [1.807, 2.05) is 0 Å². The van der Waals surface area contributed by atoms with Crippen molar-refractivity contribution >= 4 is 15.7 Å². The molecule has 1 aliphatic heterocycles. The van der Waals surface area contributed by atoms with Gasteiger partial charge in [0.15, 0.2) is 11.5 Å². The van der Waals surface area contributed by atoms with E-state index in [1.165, 1.54) is 29.6 Å². The van der Waals surface area contributed by atoms with Crippen LogP contribution in [0.5, 0.6) is 17.2 Å². The van der Waals surface area contributed by atoms with Gasteiger partial charge < -0.3 is 14.6 Å². The Bertz CT molecular complexity index is 863. The molecule has 0 spiro atoms. The molecule has 1 N–H and O–H groups in total. The second kappa shape index (κ2) is 6.24. The van der Waals surface area contributed by atoms with Crippen molar-refractivity contribution in [2.75, 3.05) is 24.6 Å². The first-order valence-corrected chi connectivity index (χ1v) is 9.02. The van der Waals surface area contributed by atoms with Crippen LogP contribution in [-0.2, 0) is 10.0 Å². The second-order valence-electron chi connectivity index (χ2n) is 5.60. The van der Waals surface area contributed by atoms with Gasteiger partial charge in [0, 0.05) is 19.5 Å². The minimum atomic E-state index is -3.75. The minimum absolute atomic E-state index is 0.125. The number of hydrogen-bond acceptors (Lipinski definition) is 5. The van der Waals surface area contributed by atoms with Crippen molar-refractivity contribution in [1.29, 1.82) is 0 Å². The summed E-state index contributed by atoms with van der Waals surface area (Å²) in [5.41, 5.74) is 1.07. The molecule has 2 aromatic rings. The predicted octanol–water partition coefficient (Wildman–Crippen LogP) is 2.69. The van der Waals surface area contributed by atoms with Crippen LogP contribution in [0.4, 0.5) is 5.69 Å². The molecule has 0 saturated heterocycles. The molecule has 128 valence electrons. The number of sulfonamides is 1. The summed E-state index contributed by atoms with van der Waals surface area (Å²) in [6.07, 6.45) is 0.753. The highest BCUT2D eigenvalue weighted by molar-refractivity contribution is 7.92. The average Bonchev–Trinajstić information content (AvgIpc) is 2.81. The number of aromatic hydroxyl groups is 1. The van der Waals surface area contributed by atoms with Gasteiger partial charge in [0.1, 0.15) is 5.75 Å². The lowest BCUT2D eigenvalue weighted by Gasteiger charge is -2.21. The van der Waals surface area contributed by atoms with E-state index >= 15 is 0 Å². The van der Waals surface area contributed by atoms with E-state index in [-0.39, 0.29) is 10.6 Å². The zero-order valence-electron chi connectivity index (χ0n) is 13.5. The Labute approximate surface area is 141 Å². The van der Waals surface area contributed by atoms with E-state index < -0.39 is 10.0 Å². The zero-order chi connectivity index (χ0) is 17.3. The Morgan fingerprint density at radius 3 is 2.46 bits per heavy atom. The van der Waals surface area contributed by atoms with E-state index in [9.17, 15) is 13.5 Å². The number of ether oxygens (including phenoxy) is 2. The Morgan fingerprint density at radius 1 is 1.04 bits per heavy atom. The predicted molar refractivity (Wildman–Crippen MR) is 90.5 cm³/mol. The van der Waals surface area contributed by atoms with Crippen molar-refractivity contribution in [2.45, 2.75) is 18.2 Å². The molecule has 2 aromatic carbocycles. The van der Waals surface area contributed by atoms with Crippen LogP contribution in [0, 0.1) is 6.92 Å². The molecule has 7 heteroatoms. The molecule has 6 nitrogen and oxygen atoms in total. The first-order valence-electron chi connectivity index (χ1n) is 7.58. The molecular formula is C17H19NO5S. The number of phenolic OH excluding ortho intramolecular Hbond substituents is 1. The van der Waals surface area contributed by atoms with Gasteiger partial charge in [0.05, 0.1) is 23.8 Å². The first-order chi connectivity index (χ1) is 11.4. The van der Waals surface area contributed by atoms with Gasteiger partial charge in [0.25, 0.3) is 10.0 Å². The summed E-state index contributed by atoms with van der Waals surface area (Å²) in [5, 5.41) is 9.61. The van der Waals surface area contributed by atoms with E-state index in [2.05, 4.69) is 0 Å². The monoisotopic (exact) mass is 349 g/mol. The van der Waals surface area contributed by atoms with Gasteiger partial charge in [-0.25, -0.2) is 8.42 Å². The Hall–Kier alpha value is -2.41.